The van der Waals surface area contributed by atoms with E-state index in [2.05, 4.69) is 169 Å². The van der Waals surface area contributed by atoms with Crippen molar-refractivity contribution in [1.29, 1.82) is 0 Å². The second-order valence-electron chi connectivity index (χ2n) is 12.9. The van der Waals surface area contributed by atoms with E-state index in [0.29, 0.717) is 0 Å². The molecule has 220 valence electrons. The van der Waals surface area contributed by atoms with Crippen molar-refractivity contribution in [2.75, 3.05) is 0 Å². The second-order valence-corrected chi connectivity index (χ2v) is 12.9. The van der Waals surface area contributed by atoms with E-state index in [9.17, 15) is 0 Å². The third-order valence-corrected chi connectivity index (χ3v) is 9.91. The summed E-state index contributed by atoms with van der Waals surface area (Å²) in [4.78, 5) is 4.97. The molecule has 2 heterocycles. The number of nitrogens with one attached hydrogen (secondary N) is 1. The number of hydrogen-bond donors (Lipinski definition) is 1. The third kappa shape index (κ3) is 4.09. The summed E-state index contributed by atoms with van der Waals surface area (Å²) in [5.74, 6) is 0. The van der Waals surface area contributed by atoms with Crippen LogP contribution in [0.15, 0.2) is 151 Å². The molecule has 3 nitrogen and oxygen atoms in total. The zero-order valence-corrected chi connectivity index (χ0v) is 25.9. The third-order valence-electron chi connectivity index (χ3n) is 9.91. The lowest BCUT2D eigenvalue weighted by Gasteiger charge is -2.25. The zero-order chi connectivity index (χ0) is 30.8. The quantitative estimate of drug-likeness (QED) is 0.217. The molecule has 0 spiro atoms. The van der Waals surface area contributed by atoms with Crippen LogP contribution in [0.4, 0.5) is 0 Å². The highest BCUT2D eigenvalue weighted by Crippen LogP contribution is 2.51. The second kappa shape index (κ2) is 10.2. The van der Waals surface area contributed by atoms with Gasteiger partial charge in [-0.1, -0.05) is 129 Å². The van der Waals surface area contributed by atoms with E-state index in [-0.39, 0.29) is 11.7 Å². The molecule has 0 saturated carbocycles. The Hall–Kier alpha value is -5.67. The topological polar surface area (TPSA) is 29.3 Å². The van der Waals surface area contributed by atoms with Gasteiger partial charge >= 0.3 is 0 Å². The van der Waals surface area contributed by atoms with Crippen LogP contribution in [0.25, 0.3) is 60.9 Å². The normalized spacial score (nSPS) is 16.2. The van der Waals surface area contributed by atoms with E-state index in [1.54, 1.807) is 0 Å². The van der Waals surface area contributed by atoms with Gasteiger partial charge in [0.2, 0.25) is 6.29 Å². The maximum Gasteiger partial charge on any atom is 0.200 e. The fraction of sp³-hybridized carbons (Fsp3) is 0.0930. The van der Waals surface area contributed by atoms with Crippen LogP contribution in [-0.4, -0.2) is 10.8 Å². The molecule has 0 fully saturated rings. The summed E-state index contributed by atoms with van der Waals surface area (Å²) >= 11 is 0. The molecule has 1 aliphatic carbocycles. The largest absolute Gasteiger partial charge is 0.346 e. The fourth-order valence-electron chi connectivity index (χ4n) is 7.54. The van der Waals surface area contributed by atoms with Crippen molar-refractivity contribution < 1.29 is 0 Å². The zero-order valence-electron chi connectivity index (χ0n) is 25.9. The summed E-state index contributed by atoms with van der Waals surface area (Å²) in [6.45, 7) is 4.69. The van der Waals surface area contributed by atoms with Gasteiger partial charge in [-0.25, -0.2) is 4.99 Å². The van der Waals surface area contributed by atoms with Crippen molar-refractivity contribution in [3.8, 4) is 33.4 Å². The molecule has 6 aromatic carbocycles. The van der Waals surface area contributed by atoms with Crippen molar-refractivity contribution in [3.63, 3.8) is 0 Å². The number of nitrogens with zero attached hydrogens (tertiary/aromatic N) is 2. The molecule has 1 unspecified atom stereocenters. The van der Waals surface area contributed by atoms with Crippen molar-refractivity contribution in [1.82, 2.24) is 9.88 Å². The molecule has 1 aromatic heterocycles. The number of aliphatic imine (C=N–C) groups is 1. The molecule has 0 amide bonds. The summed E-state index contributed by atoms with van der Waals surface area (Å²) in [6, 6.07) is 50.5. The highest BCUT2D eigenvalue weighted by atomic mass is 15.3. The minimum atomic E-state index is -0.269. The molecule has 9 rings (SSSR count). The Morgan fingerprint density at radius 3 is 2.04 bits per heavy atom. The average Bonchev–Trinajstić information content (AvgIpc) is 3.56. The molecule has 2 aliphatic rings. The Morgan fingerprint density at radius 1 is 0.543 bits per heavy atom. The lowest BCUT2D eigenvalue weighted by molar-refractivity contribution is 0.510. The van der Waals surface area contributed by atoms with E-state index in [1.165, 1.54) is 66.3 Å². The number of hydrogen-bond acceptors (Lipinski definition) is 2. The van der Waals surface area contributed by atoms with Crippen LogP contribution < -0.4 is 5.32 Å². The minimum Gasteiger partial charge on any atom is -0.346 e. The van der Waals surface area contributed by atoms with E-state index in [4.69, 9.17) is 4.99 Å². The molecule has 7 aromatic rings. The number of benzene rings is 6. The number of para-hydroxylation sites is 1. The highest BCUT2D eigenvalue weighted by molar-refractivity contribution is 6.10. The lowest BCUT2D eigenvalue weighted by atomic mass is 9.82. The lowest BCUT2D eigenvalue weighted by Crippen LogP contribution is -2.26. The van der Waals surface area contributed by atoms with Gasteiger partial charge in [-0.2, -0.15) is 0 Å². The molecule has 1 atom stereocenters. The van der Waals surface area contributed by atoms with Gasteiger partial charge in [0.1, 0.15) is 0 Å². The van der Waals surface area contributed by atoms with Gasteiger partial charge in [-0.15, -0.1) is 0 Å². The van der Waals surface area contributed by atoms with Gasteiger partial charge in [0.25, 0.3) is 0 Å². The number of fused-ring (bicyclic) bond motifs is 6. The van der Waals surface area contributed by atoms with Crippen molar-refractivity contribution in [2.24, 2.45) is 4.99 Å². The van der Waals surface area contributed by atoms with Crippen LogP contribution >= 0.6 is 0 Å². The van der Waals surface area contributed by atoms with Crippen LogP contribution in [0, 0.1) is 0 Å². The smallest absolute Gasteiger partial charge is 0.200 e. The van der Waals surface area contributed by atoms with Crippen molar-refractivity contribution in [2.45, 2.75) is 25.6 Å². The maximum absolute atomic E-state index is 4.97. The summed E-state index contributed by atoms with van der Waals surface area (Å²) < 4.78 is 2.37. The SMILES string of the molecule is CC1(C)c2ccccc2-c2cc3c4ccccc4n(C4N=CC=C(c5ccc(-c6cccc(-c7ccccc7)c6)cc5)N4)c3cc21. The first kappa shape index (κ1) is 26.7. The first-order valence-corrected chi connectivity index (χ1v) is 16.0. The monoisotopic (exact) mass is 591 g/mol. The van der Waals surface area contributed by atoms with E-state index >= 15 is 0 Å². The summed E-state index contributed by atoms with van der Waals surface area (Å²) in [6.07, 6.45) is 3.75. The van der Waals surface area contributed by atoms with Gasteiger partial charge in [-0.05, 0) is 80.4 Å². The van der Waals surface area contributed by atoms with Crippen molar-refractivity contribution in [3.05, 3.63) is 162 Å². The van der Waals surface area contributed by atoms with Gasteiger partial charge in [0.05, 0.1) is 11.0 Å². The fourth-order valence-corrected chi connectivity index (χ4v) is 7.54. The number of rotatable bonds is 4. The van der Waals surface area contributed by atoms with Crippen LogP contribution in [0.2, 0.25) is 0 Å². The highest BCUT2D eigenvalue weighted by Gasteiger charge is 2.36. The molecule has 0 saturated heterocycles. The van der Waals surface area contributed by atoms with Gasteiger partial charge in [-0.3, -0.25) is 0 Å². The Kier molecular flexibility index (Phi) is 5.91. The number of aromatic nitrogens is 1. The van der Waals surface area contributed by atoms with Crippen molar-refractivity contribution >= 4 is 33.7 Å². The summed E-state index contributed by atoms with van der Waals surface area (Å²) in [5.41, 5.74) is 14.8. The van der Waals surface area contributed by atoms with E-state index < -0.39 is 0 Å². The van der Waals surface area contributed by atoms with Gasteiger partial charge in [0.15, 0.2) is 0 Å². The summed E-state index contributed by atoms with van der Waals surface area (Å²) in [7, 11) is 0. The molecule has 1 N–H and O–H groups in total. The Labute approximate surface area is 269 Å². The minimum absolute atomic E-state index is 0.0713. The molecule has 0 radical (unpaired) electrons. The standard InChI is InChI=1S/C43H33N3/c1-43(2)37-17-8-6-15-33(37)35-26-36-34-16-7-9-18-40(34)46(41(36)27-38(35)43)42-44-24-23-39(45-42)30-21-19-29(20-22-30)32-14-10-13-31(25-32)28-11-4-3-5-12-28/h3-27,42,45H,1-2H3. The maximum atomic E-state index is 4.97. The molecular formula is C43H33N3. The first-order chi connectivity index (χ1) is 22.6. The Balaban J connectivity index is 1.08. The predicted molar refractivity (Wildman–Crippen MR) is 193 cm³/mol. The molecule has 3 heteroatoms. The predicted octanol–water partition coefficient (Wildman–Crippen LogP) is 10.6. The Morgan fingerprint density at radius 2 is 1.22 bits per heavy atom. The van der Waals surface area contributed by atoms with Crippen LogP contribution in [-0.2, 0) is 5.41 Å². The van der Waals surface area contributed by atoms with Crippen LogP contribution in [0.5, 0.6) is 0 Å². The Bertz CT molecular complexity index is 2350. The average molecular weight is 592 g/mol. The molecule has 0 bridgehead atoms. The van der Waals surface area contributed by atoms with E-state index in [1.807, 2.05) is 6.21 Å². The van der Waals surface area contributed by atoms with E-state index in [0.717, 1.165) is 11.3 Å². The van der Waals surface area contributed by atoms with Crippen LogP contribution in [0.1, 0.15) is 36.8 Å². The number of allylic oxidation sites excluding steroid dienone is 1. The van der Waals surface area contributed by atoms with Gasteiger partial charge in [0, 0.05) is 28.1 Å². The first-order valence-electron chi connectivity index (χ1n) is 16.0. The van der Waals surface area contributed by atoms with Gasteiger partial charge < -0.3 is 9.88 Å². The molecular weight excluding hydrogens is 558 g/mol. The molecule has 46 heavy (non-hydrogen) atoms. The molecule has 1 aliphatic heterocycles. The van der Waals surface area contributed by atoms with Crippen LogP contribution in [0.3, 0.4) is 0 Å². The summed E-state index contributed by atoms with van der Waals surface area (Å²) in [5, 5.41) is 6.29.